The smallest absolute Gasteiger partial charge is 0.315 e. The summed E-state index contributed by atoms with van der Waals surface area (Å²) in [5.41, 5.74) is 1.09. The van der Waals surface area contributed by atoms with Crippen LogP contribution in [-0.4, -0.2) is 12.1 Å². The molecule has 0 aliphatic rings. The Morgan fingerprint density at radius 3 is 2.75 bits per heavy atom. The quantitative estimate of drug-likeness (QED) is 0.732. The van der Waals surface area contributed by atoms with E-state index in [4.69, 9.17) is 0 Å². The maximum absolute atomic E-state index is 11.4. The predicted molar refractivity (Wildman–Crippen MR) is 66.1 cm³/mol. The van der Waals surface area contributed by atoms with E-state index in [0.29, 0.717) is 6.54 Å². The van der Waals surface area contributed by atoms with Gasteiger partial charge in [0.2, 0.25) is 0 Å². The Morgan fingerprint density at radius 1 is 1.44 bits per heavy atom. The van der Waals surface area contributed by atoms with Gasteiger partial charge in [0.25, 0.3) is 0 Å². The molecule has 0 aliphatic heterocycles. The third-order valence-corrected chi connectivity index (χ3v) is 2.19. The molecular formula is C13H18N2O. The molecule has 86 valence electrons. The standard InChI is InChI=1S/C13H18N2O/c1-3-7-11(2)15-13(16)14-10-12-8-5-4-6-9-12/h3-6,8-9,11H,1,7,10H2,2H3,(H2,14,15,16). The highest BCUT2D eigenvalue weighted by Gasteiger charge is 2.04. The fourth-order valence-electron chi connectivity index (χ4n) is 1.36. The van der Waals surface area contributed by atoms with Crippen LogP contribution in [0, 0.1) is 0 Å². The van der Waals surface area contributed by atoms with Crippen molar-refractivity contribution >= 4 is 6.03 Å². The second-order valence-corrected chi connectivity index (χ2v) is 3.74. The van der Waals surface area contributed by atoms with E-state index in [0.717, 1.165) is 12.0 Å². The third kappa shape index (κ3) is 4.64. The van der Waals surface area contributed by atoms with Crippen LogP contribution in [0.2, 0.25) is 0 Å². The molecular weight excluding hydrogens is 200 g/mol. The summed E-state index contributed by atoms with van der Waals surface area (Å²) in [4.78, 5) is 11.4. The molecule has 0 heterocycles. The van der Waals surface area contributed by atoms with Crippen LogP contribution < -0.4 is 10.6 Å². The monoisotopic (exact) mass is 218 g/mol. The van der Waals surface area contributed by atoms with Crippen LogP contribution in [0.25, 0.3) is 0 Å². The highest BCUT2D eigenvalue weighted by Crippen LogP contribution is 1.97. The Bertz CT molecular complexity index is 335. The van der Waals surface area contributed by atoms with Crippen molar-refractivity contribution in [1.29, 1.82) is 0 Å². The minimum atomic E-state index is -0.141. The lowest BCUT2D eigenvalue weighted by Gasteiger charge is -2.12. The second-order valence-electron chi connectivity index (χ2n) is 3.74. The van der Waals surface area contributed by atoms with Crippen LogP contribution in [0.15, 0.2) is 43.0 Å². The van der Waals surface area contributed by atoms with Gasteiger partial charge in [-0.25, -0.2) is 4.79 Å². The van der Waals surface area contributed by atoms with Gasteiger partial charge in [-0.3, -0.25) is 0 Å². The van der Waals surface area contributed by atoms with Crippen molar-refractivity contribution in [3.63, 3.8) is 0 Å². The number of urea groups is 1. The lowest BCUT2D eigenvalue weighted by Crippen LogP contribution is -2.40. The first kappa shape index (κ1) is 12.3. The van der Waals surface area contributed by atoms with E-state index >= 15 is 0 Å². The minimum absolute atomic E-state index is 0.119. The van der Waals surface area contributed by atoms with E-state index in [1.165, 1.54) is 0 Å². The van der Waals surface area contributed by atoms with Gasteiger partial charge in [0.15, 0.2) is 0 Å². The third-order valence-electron chi connectivity index (χ3n) is 2.19. The van der Waals surface area contributed by atoms with E-state index < -0.39 is 0 Å². The Morgan fingerprint density at radius 2 is 2.12 bits per heavy atom. The van der Waals surface area contributed by atoms with Crippen molar-refractivity contribution < 1.29 is 4.79 Å². The number of rotatable bonds is 5. The Hall–Kier alpha value is -1.77. The minimum Gasteiger partial charge on any atom is -0.335 e. The highest BCUT2D eigenvalue weighted by atomic mass is 16.2. The summed E-state index contributed by atoms with van der Waals surface area (Å²) in [5.74, 6) is 0. The predicted octanol–water partition coefficient (Wildman–Crippen LogP) is 2.45. The summed E-state index contributed by atoms with van der Waals surface area (Å²) in [6.45, 7) is 6.13. The zero-order valence-corrected chi connectivity index (χ0v) is 9.57. The van der Waals surface area contributed by atoms with Crippen LogP contribution in [0.5, 0.6) is 0 Å². The molecule has 0 saturated carbocycles. The van der Waals surface area contributed by atoms with Crippen molar-refractivity contribution in [2.75, 3.05) is 0 Å². The maximum Gasteiger partial charge on any atom is 0.315 e. The second kappa shape index (κ2) is 6.67. The zero-order valence-electron chi connectivity index (χ0n) is 9.57. The fourth-order valence-corrected chi connectivity index (χ4v) is 1.36. The van der Waals surface area contributed by atoms with Crippen LogP contribution in [0.3, 0.4) is 0 Å². The summed E-state index contributed by atoms with van der Waals surface area (Å²) >= 11 is 0. The molecule has 0 bridgehead atoms. The SMILES string of the molecule is C=CCC(C)NC(=O)NCc1ccccc1. The largest absolute Gasteiger partial charge is 0.335 e. The molecule has 1 rings (SSSR count). The van der Waals surface area contributed by atoms with Gasteiger partial charge in [0.05, 0.1) is 0 Å². The fraction of sp³-hybridized carbons (Fsp3) is 0.308. The molecule has 1 unspecified atom stereocenters. The average molecular weight is 218 g/mol. The van der Waals surface area contributed by atoms with Gasteiger partial charge in [-0.05, 0) is 18.9 Å². The molecule has 0 aromatic heterocycles. The van der Waals surface area contributed by atoms with Crippen LogP contribution in [0.1, 0.15) is 18.9 Å². The van der Waals surface area contributed by atoms with Crippen molar-refractivity contribution in [1.82, 2.24) is 10.6 Å². The lowest BCUT2D eigenvalue weighted by molar-refractivity contribution is 0.237. The molecule has 3 heteroatoms. The molecule has 0 spiro atoms. The molecule has 0 saturated heterocycles. The molecule has 0 radical (unpaired) electrons. The van der Waals surface area contributed by atoms with Gasteiger partial charge < -0.3 is 10.6 Å². The Kier molecular flexibility index (Phi) is 5.12. The summed E-state index contributed by atoms with van der Waals surface area (Å²) < 4.78 is 0. The summed E-state index contributed by atoms with van der Waals surface area (Å²) in [5, 5.41) is 5.63. The number of hydrogen-bond acceptors (Lipinski definition) is 1. The maximum atomic E-state index is 11.4. The first-order chi connectivity index (χ1) is 7.72. The molecule has 2 amide bonds. The molecule has 1 atom stereocenters. The molecule has 2 N–H and O–H groups in total. The van der Waals surface area contributed by atoms with E-state index in [9.17, 15) is 4.79 Å². The first-order valence-corrected chi connectivity index (χ1v) is 5.41. The molecule has 0 aliphatic carbocycles. The van der Waals surface area contributed by atoms with Gasteiger partial charge >= 0.3 is 6.03 Å². The highest BCUT2D eigenvalue weighted by molar-refractivity contribution is 5.74. The van der Waals surface area contributed by atoms with Crippen molar-refractivity contribution in [3.8, 4) is 0 Å². The lowest BCUT2D eigenvalue weighted by atomic mass is 10.2. The molecule has 1 aromatic rings. The van der Waals surface area contributed by atoms with Gasteiger partial charge in [-0.15, -0.1) is 6.58 Å². The Labute approximate surface area is 96.6 Å². The Balaban J connectivity index is 2.28. The number of amides is 2. The van der Waals surface area contributed by atoms with Gasteiger partial charge in [-0.1, -0.05) is 36.4 Å². The van der Waals surface area contributed by atoms with Gasteiger partial charge in [0, 0.05) is 12.6 Å². The number of hydrogen-bond donors (Lipinski definition) is 2. The van der Waals surface area contributed by atoms with Crippen molar-refractivity contribution in [3.05, 3.63) is 48.6 Å². The normalized spacial score (nSPS) is 11.6. The van der Waals surface area contributed by atoms with Gasteiger partial charge in [-0.2, -0.15) is 0 Å². The molecule has 16 heavy (non-hydrogen) atoms. The molecule has 3 nitrogen and oxygen atoms in total. The van der Waals surface area contributed by atoms with E-state index in [1.807, 2.05) is 37.3 Å². The number of carbonyl (C=O) groups is 1. The average Bonchev–Trinajstić information content (AvgIpc) is 2.28. The van der Waals surface area contributed by atoms with Crippen LogP contribution in [-0.2, 0) is 6.54 Å². The summed E-state index contributed by atoms with van der Waals surface area (Å²) in [6.07, 6.45) is 2.57. The first-order valence-electron chi connectivity index (χ1n) is 5.41. The number of nitrogens with one attached hydrogen (secondary N) is 2. The van der Waals surface area contributed by atoms with E-state index in [-0.39, 0.29) is 12.1 Å². The van der Waals surface area contributed by atoms with Gasteiger partial charge in [0.1, 0.15) is 0 Å². The zero-order chi connectivity index (χ0) is 11.8. The topological polar surface area (TPSA) is 41.1 Å². The van der Waals surface area contributed by atoms with Crippen LogP contribution in [0.4, 0.5) is 4.79 Å². The summed E-state index contributed by atoms with van der Waals surface area (Å²) in [7, 11) is 0. The van der Waals surface area contributed by atoms with E-state index in [2.05, 4.69) is 17.2 Å². The molecule has 0 fully saturated rings. The molecule has 1 aromatic carbocycles. The van der Waals surface area contributed by atoms with E-state index in [1.54, 1.807) is 6.08 Å². The number of benzene rings is 1. The van der Waals surface area contributed by atoms with Crippen molar-refractivity contribution in [2.45, 2.75) is 25.9 Å². The van der Waals surface area contributed by atoms with Crippen LogP contribution >= 0.6 is 0 Å². The van der Waals surface area contributed by atoms with Crippen molar-refractivity contribution in [2.24, 2.45) is 0 Å². The number of carbonyl (C=O) groups excluding carboxylic acids is 1. The summed E-state index contributed by atoms with van der Waals surface area (Å²) in [6, 6.07) is 9.80.